The fourth-order valence-electron chi connectivity index (χ4n) is 1.95. The van der Waals surface area contributed by atoms with Crippen molar-refractivity contribution < 1.29 is 9.53 Å². The molecule has 0 atom stereocenters. The lowest BCUT2D eigenvalue weighted by Crippen LogP contribution is -2.05. The van der Waals surface area contributed by atoms with Crippen LogP contribution in [-0.4, -0.2) is 12.6 Å². The number of nitrogens with two attached hydrogens (primary N) is 1. The van der Waals surface area contributed by atoms with Crippen molar-refractivity contribution in [2.24, 2.45) is 0 Å². The molecule has 0 aromatic heterocycles. The van der Waals surface area contributed by atoms with E-state index in [0.29, 0.717) is 17.9 Å². The van der Waals surface area contributed by atoms with Gasteiger partial charge in [0.15, 0.2) is 0 Å². The number of rotatable bonds is 5. The lowest BCUT2D eigenvalue weighted by molar-refractivity contribution is 0.0526. The third kappa shape index (κ3) is 4.02. The number of carbonyl (C=O) groups is 1. The maximum atomic E-state index is 11.6. The van der Waals surface area contributed by atoms with Crippen LogP contribution in [0.25, 0.3) is 0 Å². The van der Waals surface area contributed by atoms with Crippen molar-refractivity contribution >= 4 is 23.4 Å². The zero-order valence-electron chi connectivity index (χ0n) is 12.3. The Balaban J connectivity index is 2.08. The molecule has 0 radical (unpaired) electrons. The van der Waals surface area contributed by atoms with Crippen LogP contribution in [0.3, 0.4) is 0 Å². The van der Waals surface area contributed by atoms with E-state index < -0.39 is 0 Å². The van der Waals surface area contributed by atoms with E-state index in [1.807, 2.05) is 18.2 Å². The predicted molar refractivity (Wildman–Crippen MR) is 87.6 cm³/mol. The van der Waals surface area contributed by atoms with E-state index in [2.05, 4.69) is 19.1 Å². The fourth-order valence-corrected chi connectivity index (χ4v) is 2.97. The van der Waals surface area contributed by atoms with E-state index in [0.717, 1.165) is 10.6 Å². The van der Waals surface area contributed by atoms with Crippen molar-refractivity contribution in [3.8, 4) is 0 Å². The molecule has 2 aromatic rings. The smallest absolute Gasteiger partial charge is 0.338 e. The molecule has 0 heterocycles. The van der Waals surface area contributed by atoms with E-state index in [-0.39, 0.29) is 5.97 Å². The van der Waals surface area contributed by atoms with Gasteiger partial charge in [-0.1, -0.05) is 24.3 Å². The molecule has 110 valence electrons. The Bertz CT molecular complexity index is 640. The Hall–Kier alpha value is -1.94. The first kappa shape index (κ1) is 15.4. The average molecular weight is 301 g/mol. The van der Waals surface area contributed by atoms with Gasteiger partial charge in [-0.25, -0.2) is 4.79 Å². The summed E-state index contributed by atoms with van der Waals surface area (Å²) in [7, 11) is 0. The van der Waals surface area contributed by atoms with Crippen LogP contribution >= 0.6 is 11.8 Å². The number of nitrogen functional groups attached to an aromatic ring is 1. The normalized spacial score (nSPS) is 10.4. The first-order chi connectivity index (χ1) is 10.1. The molecule has 0 amide bonds. The number of aryl methyl sites for hydroxylation is 1. The zero-order chi connectivity index (χ0) is 15.2. The van der Waals surface area contributed by atoms with Crippen LogP contribution in [0.5, 0.6) is 0 Å². The van der Waals surface area contributed by atoms with Gasteiger partial charge in [0.25, 0.3) is 0 Å². The monoisotopic (exact) mass is 301 g/mol. The van der Waals surface area contributed by atoms with Crippen LogP contribution in [0, 0.1) is 6.92 Å². The minimum absolute atomic E-state index is 0.334. The summed E-state index contributed by atoms with van der Waals surface area (Å²) in [6, 6.07) is 13.6. The number of anilines is 1. The van der Waals surface area contributed by atoms with Crippen LogP contribution in [0.1, 0.15) is 28.4 Å². The van der Waals surface area contributed by atoms with Gasteiger partial charge in [-0.05, 0) is 43.2 Å². The minimum atomic E-state index is -0.334. The van der Waals surface area contributed by atoms with Crippen molar-refractivity contribution in [2.45, 2.75) is 24.5 Å². The Morgan fingerprint density at radius 3 is 2.67 bits per heavy atom. The van der Waals surface area contributed by atoms with E-state index >= 15 is 0 Å². The number of esters is 1. The second kappa shape index (κ2) is 7.18. The second-order valence-electron chi connectivity index (χ2n) is 4.69. The fraction of sp³-hybridized carbons (Fsp3) is 0.235. The molecule has 0 fully saturated rings. The van der Waals surface area contributed by atoms with Crippen molar-refractivity contribution in [2.75, 3.05) is 12.3 Å². The highest BCUT2D eigenvalue weighted by atomic mass is 32.2. The Morgan fingerprint density at radius 1 is 1.24 bits per heavy atom. The number of hydrogen-bond donors (Lipinski definition) is 1. The van der Waals surface area contributed by atoms with Gasteiger partial charge in [0, 0.05) is 16.3 Å². The SMILES string of the molecule is CCOC(=O)c1ccc(SCc2ccccc2C)c(N)c1. The van der Waals surface area contributed by atoms with Gasteiger partial charge in [-0.2, -0.15) is 0 Å². The summed E-state index contributed by atoms with van der Waals surface area (Å²) in [5.41, 5.74) is 9.69. The molecule has 4 heteroatoms. The summed E-state index contributed by atoms with van der Waals surface area (Å²) in [6.07, 6.45) is 0. The molecule has 2 aromatic carbocycles. The van der Waals surface area contributed by atoms with Gasteiger partial charge in [0.1, 0.15) is 0 Å². The molecule has 0 aliphatic heterocycles. The van der Waals surface area contributed by atoms with E-state index in [4.69, 9.17) is 10.5 Å². The summed E-state index contributed by atoms with van der Waals surface area (Å²) < 4.78 is 4.97. The molecule has 0 aliphatic carbocycles. The second-order valence-corrected chi connectivity index (χ2v) is 5.71. The van der Waals surface area contributed by atoms with Gasteiger partial charge in [0.2, 0.25) is 0 Å². The van der Waals surface area contributed by atoms with Gasteiger partial charge < -0.3 is 10.5 Å². The number of ether oxygens (including phenoxy) is 1. The van der Waals surface area contributed by atoms with Crippen LogP contribution in [0.2, 0.25) is 0 Å². The highest BCUT2D eigenvalue weighted by Crippen LogP contribution is 2.29. The van der Waals surface area contributed by atoms with Crippen molar-refractivity contribution in [3.63, 3.8) is 0 Å². The third-order valence-corrected chi connectivity index (χ3v) is 4.30. The van der Waals surface area contributed by atoms with E-state index in [1.54, 1.807) is 30.8 Å². The summed E-state index contributed by atoms with van der Waals surface area (Å²) >= 11 is 1.67. The first-order valence-electron chi connectivity index (χ1n) is 6.85. The standard InChI is InChI=1S/C17H19NO2S/c1-3-20-17(19)13-8-9-16(15(18)10-13)21-11-14-7-5-4-6-12(14)2/h4-10H,3,11,18H2,1-2H3. The van der Waals surface area contributed by atoms with Gasteiger partial charge >= 0.3 is 5.97 Å². The van der Waals surface area contributed by atoms with E-state index in [9.17, 15) is 4.79 Å². The largest absolute Gasteiger partial charge is 0.462 e. The molecule has 0 spiro atoms. The van der Waals surface area contributed by atoms with Gasteiger partial charge in [-0.15, -0.1) is 11.8 Å². The van der Waals surface area contributed by atoms with Gasteiger partial charge in [0.05, 0.1) is 12.2 Å². The predicted octanol–water partition coefficient (Wildman–Crippen LogP) is 4.05. The molecular weight excluding hydrogens is 282 g/mol. The molecule has 0 unspecified atom stereocenters. The minimum Gasteiger partial charge on any atom is -0.462 e. The molecule has 0 saturated heterocycles. The van der Waals surface area contributed by atoms with Crippen molar-refractivity contribution in [3.05, 3.63) is 59.2 Å². The number of hydrogen-bond acceptors (Lipinski definition) is 4. The van der Waals surface area contributed by atoms with Crippen LogP contribution < -0.4 is 5.73 Å². The van der Waals surface area contributed by atoms with E-state index in [1.165, 1.54) is 11.1 Å². The average Bonchev–Trinajstić information content (AvgIpc) is 2.47. The summed E-state index contributed by atoms with van der Waals surface area (Å²) in [5.74, 6) is 0.523. The lowest BCUT2D eigenvalue weighted by atomic mass is 10.1. The summed E-state index contributed by atoms with van der Waals surface area (Å²) in [4.78, 5) is 12.6. The molecule has 0 aliphatic rings. The highest BCUT2D eigenvalue weighted by molar-refractivity contribution is 7.98. The number of carbonyl (C=O) groups excluding carboxylic acids is 1. The molecule has 0 saturated carbocycles. The highest BCUT2D eigenvalue weighted by Gasteiger charge is 2.09. The molecule has 0 bridgehead atoms. The lowest BCUT2D eigenvalue weighted by Gasteiger charge is -2.09. The molecule has 3 nitrogen and oxygen atoms in total. The zero-order valence-corrected chi connectivity index (χ0v) is 13.1. The first-order valence-corrected chi connectivity index (χ1v) is 7.84. The van der Waals surface area contributed by atoms with Crippen LogP contribution in [-0.2, 0) is 10.5 Å². The Morgan fingerprint density at radius 2 is 2.00 bits per heavy atom. The maximum absolute atomic E-state index is 11.6. The van der Waals surface area contributed by atoms with Crippen molar-refractivity contribution in [1.82, 2.24) is 0 Å². The van der Waals surface area contributed by atoms with Crippen LogP contribution in [0.15, 0.2) is 47.4 Å². The quantitative estimate of drug-likeness (QED) is 0.514. The summed E-state index contributed by atoms with van der Waals surface area (Å²) in [6.45, 7) is 4.25. The maximum Gasteiger partial charge on any atom is 0.338 e. The van der Waals surface area contributed by atoms with Crippen LogP contribution in [0.4, 0.5) is 5.69 Å². The molecular formula is C17H19NO2S. The Labute approximate surface area is 129 Å². The molecule has 21 heavy (non-hydrogen) atoms. The number of thioether (sulfide) groups is 1. The molecule has 2 rings (SSSR count). The van der Waals surface area contributed by atoms with Gasteiger partial charge in [-0.3, -0.25) is 0 Å². The van der Waals surface area contributed by atoms with Crippen molar-refractivity contribution in [1.29, 1.82) is 0 Å². The Kier molecular flexibility index (Phi) is 5.28. The third-order valence-electron chi connectivity index (χ3n) is 3.17. The topological polar surface area (TPSA) is 52.3 Å². The summed E-state index contributed by atoms with van der Waals surface area (Å²) in [5, 5.41) is 0. The molecule has 2 N–H and O–H groups in total. The number of benzene rings is 2.